The summed E-state index contributed by atoms with van der Waals surface area (Å²) in [5.41, 5.74) is 2.97. The first-order valence-corrected chi connectivity index (χ1v) is 13.6. The van der Waals surface area contributed by atoms with Crippen LogP contribution in [0.4, 0.5) is 11.4 Å². The number of nitrogens with one attached hydrogen (secondary N) is 2. The Morgan fingerprint density at radius 1 is 1.13 bits per heavy atom. The van der Waals surface area contributed by atoms with Gasteiger partial charge in [-0.3, -0.25) is 9.69 Å². The topological polar surface area (TPSA) is 112 Å². The van der Waals surface area contributed by atoms with Crippen LogP contribution in [0.5, 0.6) is 5.88 Å². The highest BCUT2D eigenvalue weighted by atomic mass is 35.5. The lowest BCUT2D eigenvalue weighted by molar-refractivity contribution is -0.117. The fourth-order valence-corrected chi connectivity index (χ4v) is 4.73. The smallest absolute Gasteiger partial charge is 0.238 e. The molecule has 3 heterocycles. The van der Waals surface area contributed by atoms with Crippen molar-refractivity contribution in [2.45, 2.75) is 37.9 Å². The van der Waals surface area contributed by atoms with E-state index in [0.717, 1.165) is 50.2 Å². The average Bonchev–Trinajstić information content (AvgIpc) is 2.91. The molecule has 10 heteroatoms. The minimum Gasteiger partial charge on any atom is -0.474 e. The van der Waals surface area contributed by atoms with Crippen molar-refractivity contribution in [2.75, 3.05) is 43.4 Å². The molecule has 202 valence electrons. The molecule has 0 unspecified atom stereocenters. The highest BCUT2D eigenvalue weighted by Crippen LogP contribution is 2.25. The van der Waals surface area contributed by atoms with Crippen LogP contribution in [0.1, 0.15) is 36.2 Å². The van der Waals surface area contributed by atoms with Gasteiger partial charge in [0, 0.05) is 49.9 Å². The van der Waals surface area contributed by atoms with Gasteiger partial charge in [0.2, 0.25) is 11.8 Å². The molecule has 5 rings (SSSR count). The fourth-order valence-electron chi connectivity index (χ4n) is 4.61. The molecule has 2 aliphatic rings. The maximum Gasteiger partial charge on any atom is 0.238 e. The fraction of sp³-hybridized carbons (Fsp3) is 0.379. The summed E-state index contributed by atoms with van der Waals surface area (Å²) in [7, 11) is 0. The number of hydrogen-bond donors (Lipinski definition) is 2. The highest BCUT2D eigenvalue weighted by molar-refractivity contribution is 6.30. The summed E-state index contributed by atoms with van der Waals surface area (Å²) in [4.78, 5) is 23.9. The Kier molecular flexibility index (Phi) is 8.89. The molecule has 1 amide bonds. The Labute approximate surface area is 233 Å². The number of halogens is 1. The molecule has 2 aliphatic heterocycles. The molecule has 0 saturated carbocycles. The van der Waals surface area contributed by atoms with Crippen molar-refractivity contribution >= 4 is 28.9 Å². The van der Waals surface area contributed by atoms with E-state index < -0.39 is 0 Å². The molecule has 0 aliphatic carbocycles. The van der Waals surface area contributed by atoms with Gasteiger partial charge in [-0.05, 0) is 55.2 Å². The van der Waals surface area contributed by atoms with Gasteiger partial charge in [-0.1, -0.05) is 23.7 Å². The number of nitriles is 1. The summed E-state index contributed by atoms with van der Waals surface area (Å²) in [6, 6.07) is 16.8. The first-order valence-electron chi connectivity index (χ1n) is 13.2. The van der Waals surface area contributed by atoms with Gasteiger partial charge >= 0.3 is 0 Å². The minimum absolute atomic E-state index is 0.0273. The Bertz CT molecular complexity index is 1320. The van der Waals surface area contributed by atoms with Crippen molar-refractivity contribution in [2.24, 2.45) is 0 Å². The van der Waals surface area contributed by atoms with E-state index in [0.29, 0.717) is 40.9 Å². The number of amides is 1. The van der Waals surface area contributed by atoms with E-state index in [-0.39, 0.29) is 24.7 Å². The van der Waals surface area contributed by atoms with Gasteiger partial charge in [0.05, 0.1) is 35.7 Å². The quantitative estimate of drug-likeness (QED) is 0.387. The van der Waals surface area contributed by atoms with E-state index in [1.165, 1.54) is 0 Å². The second-order valence-corrected chi connectivity index (χ2v) is 10.2. The van der Waals surface area contributed by atoms with E-state index in [2.05, 4.69) is 31.6 Å². The molecule has 0 spiro atoms. The van der Waals surface area contributed by atoms with Crippen LogP contribution in [0.25, 0.3) is 0 Å². The number of hydrogen-bond acceptors (Lipinski definition) is 8. The number of carbonyl (C=O) groups is 1. The van der Waals surface area contributed by atoms with Gasteiger partial charge in [-0.2, -0.15) is 10.2 Å². The van der Waals surface area contributed by atoms with Crippen LogP contribution in [-0.2, 0) is 16.0 Å². The van der Waals surface area contributed by atoms with Gasteiger partial charge in [0.1, 0.15) is 11.9 Å². The van der Waals surface area contributed by atoms with Crippen LogP contribution < -0.4 is 15.4 Å². The van der Waals surface area contributed by atoms with Crippen LogP contribution in [0.3, 0.4) is 0 Å². The SMILES string of the molecule is N#Cc1ccc(NC[C@@H]2CCO2)c(NC(=O)CN2CCC(Oc3ccnc(Cc4ccc(Cl)cc4)n3)CC2)c1. The Morgan fingerprint density at radius 2 is 1.92 bits per heavy atom. The molecule has 1 atom stereocenters. The van der Waals surface area contributed by atoms with Gasteiger partial charge in [-0.25, -0.2) is 4.98 Å². The standard InChI is InChI=1S/C29H31ClN6O3/c30-22-4-1-20(2-5-22)16-27-32-11-7-29(35-27)39-23-8-12-36(13-9-23)19-28(37)34-26-15-21(17-31)3-6-25(26)33-18-24-10-14-38-24/h1-7,11,15,23-24,33H,8-10,12-14,16,18-19H2,(H,34,37)/t24-/m0/s1. The maximum atomic E-state index is 12.9. The second-order valence-electron chi connectivity index (χ2n) is 9.79. The normalized spacial score (nSPS) is 17.6. The Hall–Kier alpha value is -3.71. The average molecular weight is 547 g/mol. The maximum absolute atomic E-state index is 12.9. The molecule has 39 heavy (non-hydrogen) atoms. The third kappa shape index (κ3) is 7.67. The summed E-state index contributed by atoms with van der Waals surface area (Å²) in [5, 5.41) is 16.3. The molecule has 2 saturated heterocycles. The van der Waals surface area contributed by atoms with Crippen molar-refractivity contribution in [3.05, 3.63) is 76.7 Å². The van der Waals surface area contributed by atoms with E-state index in [9.17, 15) is 10.1 Å². The zero-order valence-corrected chi connectivity index (χ0v) is 22.4. The number of piperidine rings is 1. The first kappa shape index (κ1) is 26.9. The first-order chi connectivity index (χ1) is 19.0. The molecule has 3 aromatic rings. The summed E-state index contributed by atoms with van der Waals surface area (Å²) in [6.07, 6.45) is 5.14. The lowest BCUT2D eigenvalue weighted by Crippen LogP contribution is -2.42. The largest absolute Gasteiger partial charge is 0.474 e. The van der Waals surface area contributed by atoms with Crippen LogP contribution in [0.2, 0.25) is 5.02 Å². The zero-order valence-electron chi connectivity index (χ0n) is 21.6. The predicted molar refractivity (Wildman–Crippen MR) is 149 cm³/mol. The van der Waals surface area contributed by atoms with E-state index in [1.807, 2.05) is 30.3 Å². The summed E-state index contributed by atoms with van der Waals surface area (Å²) in [5.74, 6) is 1.14. The molecule has 2 N–H and O–H groups in total. The van der Waals surface area contributed by atoms with Crippen molar-refractivity contribution in [1.29, 1.82) is 5.26 Å². The van der Waals surface area contributed by atoms with Crippen molar-refractivity contribution in [3.63, 3.8) is 0 Å². The van der Waals surface area contributed by atoms with Crippen LogP contribution in [-0.4, -0.2) is 65.8 Å². The third-order valence-electron chi connectivity index (χ3n) is 6.88. The molecular weight excluding hydrogens is 516 g/mol. The molecule has 9 nitrogen and oxygen atoms in total. The highest BCUT2D eigenvalue weighted by Gasteiger charge is 2.23. The van der Waals surface area contributed by atoms with Crippen LogP contribution >= 0.6 is 11.6 Å². The molecule has 0 bridgehead atoms. The van der Waals surface area contributed by atoms with Gasteiger partial charge in [-0.15, -0.1) is 0 Å². The number of benzene rings is 2. The Balaban J connectivity index is 1.09. The number of nitrogens with zero attached hydrogens (tertiary/aromatic N) is 4. The number of carbonyl (C=O) groups excluding carboxylic acids is 1. The van der Waals surface area contributed by atoms with E-state index in [1.54, 1.807) is 24.4 Å². The van der Waals surface area contributed by atoms with Crippen molar-refractivity contribution in [1.82, 2.24) is 14.9 Å². The number of ether oxygens (including phenoxy) is 2. The van der Waals surface area contributed by atoms with Crippen LogP contribution in [0, 0.1) is 11.3 Å². The molecular formula is C29H31ClN6O3. The third-order valence-corrected chi connectivity index (χ3v) is 7.13. The minimum atomic E-state index is -0.116. The van der Waals surface area contributed by atoms with Gasteiger partial charge in [0.25, 0.3) is 0 Å². The lowest BCUT2D eigenvalue weighted by Gasteiger charge is -2.31. The van der Waals surface area contributed by atoms with E-state index in [4.69, 9.17) is 21.1 Å². The molecule has 0 radical (unpaired) electrons. The second kappa shape index (κ2) is 12.9. The number of rotatable bonds is 10. The summed E-state index contributed by atoms with van der Waals surface area (Å²) in [6.45, 7) is 3.20. The van der Waals surface area contributed by atoms with Crippen molar-refractivity contribution in [3.8, 4) is 11.9 Å². The Morgan fingerprint density at radius 3 is 2.64 bits per heavy atom. The van der Waals surface area contributed by atoms with Gasteiger partial charge < -0.3 is 20.1 Å². The molecule has 2 fully saturated rings. The molecule has 2 aromatic carbocycles. The zero-order chi connectivity index (χ0) is 27.0. The predicted octanol–water partition coefficient (Wildman–Crippen LogP) is 4.28. The van der Waals surface area contributed by atoms with Gasteiger partial charge in [0.15, 0.2) is 0 Å². The summed E-state index contributed by atoms with van der Waals surface area (Å²) >= 11 is 5.97. The summed E-state index contributed by atoms with van der Waals surface area (Å²) < 4.78 is 11.6. The van der Waals surface area contributed by atoms with Crippen LogP contribution in [0.15, 0.2) is 54.7 Å². The number of anilines is 2. The molecule has 1 aromatic heterocycles. The monoisotopic (exact) mass is 546 g/mol. The van der Waals surface area contributed by atoms with Crippen molar-refractivity contribution < 1.29 is 14.3 Å². The lowest BCUT2D eigenvalue weighted by atomic mass is 10.1. The number of likely N-dealkylation sites (tertiary alicyclic amines) is 1. The number of aromatic nitrogens is 2. The van der Waals surface area contributed by atoms with E-state index >= 15 is 0 Å².